The van der Waals surface area contributed by atoms with Crippen LogP contribution in [0.15, 0.2) is 48.5 Å². The Morgan fingerprint density at radius 2 is 1.52 bits per heavy atom. The number of anilines is 1. The minimum absolute atomic E-state index is 0.125. The van der Waals surface area contributed by atoms with Crippen molar-refractivity contribution in [2.75, 3.05) is 35.9 Å². The number of benzene rings is 2. The summed E-state index contributed by atoms with van der Waals surface area (Å²) in [6.45, 7) is 0.777. The Kier molecular flexibility index (Phi) is 9.23. The van der Waals surface area contributed by atoms with Gasteiger partial charge in [-0.15, -0.1) is 0 Å². The highest BCUT2D eigenvalue weighted by Gasteiger charge is 2.37. The first-order chi connectivity index (χ1) is 19.5. The van der Waals surface area contributed by atoms with Gasteiger partial charge < -0.3 is 10.6 Å². The molecule has 10 nitrogen and oxygen atoms in total. The normalized spacial score (nSPS) is 20.4. The molecule has 2 aromatic rings. The largest absolute Gasteiger partial charge is 0.416 e. The molecule has 4 rings (SSSR count). The fraction of sp³-hybridized carbons (Fsp3) is 0.481. The maximum atomic E-state index is 13.5. The zero-order valence-electron chi connectivity index (χ0n) is 23.1. The van der Waals surface area contributed by atoms with E-state index in [1.54, 1.807) is 0 Å². The van der Waals surface area contributed by atoms with E-state index >= 15 is 0 Å². The lowest BCUT2D eigenvalue weighted by Gasteiger charge is -2.46. The number of rotatable bonds is 9. The van der Waals surface area contributed by atoms with Crippen molar-refractivity contribution in [2.24, 2.45) is 0 Å². The minimum Gasteiger partial charge on any atom is -0.349 e. The topological polar surface area (TPSA) is 133 Å². The molecule has 2 aromatic carbocycles. The number of carbonyl (C=O) groups excluding carboxylic acids is 2. The van der Waals surface area contributed by atoms with Gasteiger partial charge in [0.2, 0.25) is 26.0 Å². The molecule has 1 aliphatic heterocycles. The molecule has 0 atom stereocenters. The third kappa shape index (κ3) is 7.81. The van der Waals surface area contributed by atoms with Crippen LogP contribution in [0.4, 0.5) is 18.9 Å². The van der Waals surface area contributed by atoms with Gasteiger partial charge in [0.25, 0.3) is 5.91 Å². The first-order valence-corrected chi connectivity index (χ1v) is 17.0. The summed E-state index contributed by atoms with van der Waals surface area (Å²) in [7, 11) is -9.13. The number of hydrogen-bond donors (Lipinski definition) is 2. The fourth-order valence-electron chi connectivity index (χ4n) is 5.58. The van der Waals surface area contributed by atoms with Crippen molar-refractivity contribution in [3.63, 3.8) is 0 Å². The Morgan fingerprint density at radius 1 is 0.929 bits per heavy atom. The summed E-state index contributed by atoms with van der Waals surface area (Å²) in [5, 5.41) is 5.01. The van der Waals surface area contributed by atoms with Crippen molar-refractivity contribution in [1.82, 2.24) is 15.5 Å². The first-order valence-electron chi connectivity index (χ1n) is 13.3. The van der Waals surface area contributed by atoms with Gasteiger partial charge in [0.1, 0.15) is 0 Å². The molecular weight excluding hydrogens is 597 g/mol. The Labute approximate surface area is 243 Å². The highest BCUT2D eigenvalue weighted by Crippen LogP contribution is 2.36. The monoisotopic (exact) mass is 630 g/mol. The maximum absolute atomic E-state index is 13.5. The summed E-state index contributed by atoms with van der Waals surface area (Å²) in [5.74, 6) is -1.09. The van der Waals surface area contributed by atoms with Gasteiger partial charge in [0.05, 0.1) is 36.3 Å². The van der Waals surface area contributed by atoms with Gasteiger partial charge in [-0.05, 0) is 55.4 Å². The van der Waals surface area contributed by atoms with Crippen LogP contribution >= 0.6 is 0 Å². The molecule has 42 heavy (non-hydrogen) atoms. The molecule has 2 amide bonds. The molecule has 0 bridgehead atoms. The van der Waals surface area contributed by atoms with Crippen molar-refractivity contribution < 1.29 is 39.6 Å². The van der Waals surface area contributed by atoms with Crippen molar-refractivity contribution in [3.8, 4) is 0 Å². The molecule has 0 spiro atoms. The standard InChI is InChI=1S/C27H33F3N4O6S2/c1-41(37,38)34(42(2,39)40)24-13-20(12-21(14-24)27(28,29)30)26(36)31-15-25(35)32-22-16-33(17-22)23-10-8-19(9-11-23)18-6-4-3-5-7-18/h3-7,12-14,19,22-23H,8-11,15-17H2,1-2H3,(H,31,36)(H,32,35)/t19-,23+. The third-order valence-electron chi connectivity index (χ3n) is 7.49. The van der Waals surface area contributed by atoms with Crippen LogP contribution in [0, 0.1) is 0 Å². The second-order valence-corrected chi connectivity index (χ2v) is 14.7. The highest BCUT2D eigenvalue weighted by atomic mass is 32.3. The number of alkyl halides is 3. The highest BCUT2D eigenvalue weighted by molar-refractivity contribution is 8.09. The van der Waals surface area contributed by atoms with Gasteiger partial charge in [-0.2, -0.15) is 16.9 Å². The molecule has 0 aromatic heterocycles. The van der Waals surface area contributed by atoms with Crippen LogP contribution in [0.5, 0.6) is 0 Å². The lowest BCUT2D eigenvalue weighted by atomic mass is 9.80. The fourth-order valence-corrected chi connectivity index (χ4v) is 8.53. The van der Waals surface area contributed by atoms with Gasteiger partial charge in [-0.3, -0.25) is 14.5 Å². The molecular formula is C27H33F3N4O6S2. The van der Waals surface area contributed by atoms with Gasteiger partial charge in [-0.1, -0.05) is 30.3 Å². The zero-order valence-corrected chi connectivity index (χ0v) is 24.7. The van der Waals surface area contributed by atoms with Crippen molar-refractivity contribution in [1.29, 1.82) is 0 Å². The molecule has 1 heterocycles. The summed E-state index contributed by atoms with van der Waals surface area (Å²) in [5.41, 5.74) is -1.61. The molecule has 2 aliphatic rings. The second-order valence-electron chi connectivity index (χ2n) is 10.8. The number of sulfonamides is 2. The number of hydrogen-bond acceptors (Lipinski definition) is 7. The molecule has 1 saturated carbocycles. The maximum Gasteiger partial charge on any atom is 0.416 e. The van der Waals surface area contributed by atoms with E-state index < -0.39 is 61.4 Å². The van der Waals surface area contributed by atoms with Crippen LogP contribution in [-0.2, 0) is 31.0 Å². The van der Waals surface area contributed by atoms with Crippen LogP contribution in [-0.4, -0.2) is 77.8 Å². The van der Waals surface area contributed by atoms with Gasteiger partial charge in [0, 0.05) is 24.7 Å². The number of likely N-dealkylation sites (tertiary alicyclic amines) is 1. The van der Waals surface area contributed by atoms with E-state index in [-0.39, 0.29) is 9.75 Å². The van der Waals surface area contributed by atoms with Crippen LogP contribution in [0.3, 0.4) is 0 Å². The average Bonchev–Trinajstić information content (AvgIpc) is 2.87. The summed E-state index contributed by atoms with van der Waals surface area (Å²) in [4.78, 5) is 27.4. The van der Waals surface area contributed by atoms with Crippen molar-refractivity contribution >= 4 is 37.5 Å². The molecule has 1 aliphatic carbocycles. The Morgan fingerprint density at radius 3 is 2.07 bits per heavy atom. The predicted octanol–water partition coefficient (Wildman–Crippen LogP) is 2.69. The zero-order chi connectivity index (χ0) is 30.9. The average molecular weight is 631 g/mol. The Balaban J connectivity index is 1.31. The minimum atomic E-state index is -5.01. The Hall–Kier alpha value is -3.17. The molecule has 0 unspecified atom stereocenters. The van der Waals surface area contributed by atoms with E-state index in [2.05, 4.69) is 39.8 Å². The quantitative estimate of drug-likeness (QED) is 0.436. The van der Waals surface area contributed by atoms with E-state index in [0.29, 0.717) is 55.8 Å². The SMILES string of the molecule is CS(=O)(=O)N(c1cc(C(=O)NCC(=O)NC2CN([C@H]3CC[C@@H](c4ccccc4)CC3)C2)cc(C(F)(F)F)c1)S(C)(=O)=O. The summed E-state index contributed by atoms with van der Waals surface area (Å²) in [6.07, 6.45) is 0.317. The molecule has 230 valence electrons. The van der Waals surface area contributed by atoms with Gasteiger partial charge in [-0.25, -0.2) is 16.8 Å². The van der Waals surface area contributed by atoms with Crippen LogP contribution in [0.2, 0.25) is 0 Å². The van der Waals surface area contributed by atoms with Crippen LogP contribution in [0.25, 0.3) is 0 Å². The Bertz CT molecular complexity index is 1490. The van der Waals surface area contributed by atoms with Crippen molar-refractivity contribution in [3.05, 3.63) is 65.2 Å². The third-order valence-corrected chi connectivity index (χ3v) is 10.7. The number of nitrogens with one attached hydrogen (secondary N) is 2. The number of carbonyl (C=O) groups is 2. The van der Waals surface area contributed by atoms with Crippen molar-refractivity contribution in [2.45, 2.75) is 49.9 Å². The first kappa shape index (κ1) is 31.8. The van der Waals surface area contributed by atoms with Crippen LogP contribution in [0.1, 0.15) is 53.1 Å². The van der Waals surface area contributed by atoms with E-state index in [0.717, 1.165) is 25.7 Å². The predicted molar refractivity (Wildman–Crippen MR) is 151 cm³/mol. The molecule has 2 N–H and O–H groups in total. The number of amides is 2. The van der Waals surface area contributed by atoms with Crippen LogP contribution < -0.4 is 14.3 Å². The van der Waals surface area contributed by atoms with E-state index in [9.17, 15) is 39.6 Å². The van der Waals surface area contributed by atoms with E-state index in [1.807, 2.05) is 6.07 Å². The second kappa shape index (κ2) is 12.2. The summed E-state index contributed by atoms with van der Waals surface area (Å²) < 4.78 is 88.7. The molecule has 0 radical (unpaired) electrons. The van der Waals surface area contributed by atoms with E-state index in [1.165, 1.54) is 5.56 Å². The van der Waals surface area contributed by atoms with Gasteiger partial charge in [0.15, 0.2) is 0 Å². The smallest absolute Gasteiger partial charge is 0.349 e. The molecule has 15 heteroatoms. The summed E-state index contributed by atoms with van der Waals surface area (Å²) >= 11 is 0. The lowest BCUT2D eigenvalue weighted by molar-refractivity contribution is -0.137. The lowest BCUT2D eigenvalue weighted by Crippen LogP contribution is -2.63. The number of nitrogens with zero attached hydrogens (tertiary/aromatic N) is 2. The molecule has 2 fully saturated rings. The molecule has 1 saturated heterocycles. The summed E-state index contributed by atoms with van der Waals surface area (Å²) in [6, 6.07) is 12.2. The van der Waals surface area contributed by atoms with E-state index in [4.69, 9.17) is 0 Å². The van der Waals surface area contributed by atoms with Gasteiger partial charge >= 0.3 is 6.18 Å². The number of halogens is 3.